The molecule has 2 unspecified atom stereocenters. The van der Waals surface area contributed by atoms with Crippen LogP contribution in [-0.2, 0) is 6.42 Å². The van der Waals surface area contributed by atoms with Crippen molar-refractivity contribution in [3.63, 3.8) is 0 Å². The van der Waals surface area contributed by atoms with E-state index in [-0.39, 0.29) is 6.04 Å². The first-order valence-corrected chi connectivity index (χ1v) is 8.17. The van der Waals surface area contributed by atoms with Crippen molar-refractivity contribution < 1.29 is 0 Å². The maximum Gasteiger partial charge on any atom is 0.0421 e. The highest BCUT2D eigenvalue weighted by atomic mass is 79.9. The molecule has 2 aromatic rings. The third kappa shape index (κ3) is 2.88. The number of hydrogen-bond donors (Lipinski definition) is 1. The normalized spacial score (nSPS) is 22.0. The lowest BCUT2D eigenvalue weighted by Gasteiger charge is -2.30. The van der Waals surface area contributed by atoms with E-state index in [1.807, 2.05) is 11.8 Å². The quantitative estimate of drug-likeness (QED) is 0.871. The highest BCUT2D eigenvalue weighted by Crippen LogP contribution is 2.38. The van der Waals surface area contributed by atoms with E-state index in [0.29, 0.717) is 5.25 Å². The molecular weight excluding hydrogens is 318 g/mol. The van der Waals surface area contributed by atoms with Gasteiger partial charge in [-0.25, -0.2) is 0 Å². The SMILES string of the molecule is NC1c2ccccc2CCC1Sc1ccc(Br)cc1. The molecule has 2 N–H and O–H groups in total. The first kappa shape index (κ1) is 13.2. The molecule has 98 valence electrons. The van der Waals surface area contributed by atoms with Gasteiger partial charge in [0.2, 0.25) is 0 Å². The summed E-state index contributed by atoms with van der Waals surface area (Å²) < 4.78 is 1.12. The van der Waals surface area contributed by atoms with Gasteiger partial charge in [-0.3, -0.25) is 0 Å². The molecular formula is C16H16BrNS. The van der Waals surface area contributed by atoms with E-state index in [4.69, 9.17) is 5.73 Å². The minimum Gasteiger partial charge on any atom is -0.323 e. The van der Waals surface area contributed by atoms with E-state index in [2.05, 4.69) is 64.5 Å². The summed E-state index contributed by atoms with van der Waals surface area (Å²) in [7, 11) is 0. The Morgan fingerprint density at radius 1 is 1.05 bits per heavy atom. The van der Waals surface area contributed by atoms with Crippen molar-refractivity contribution in [2.75, 3.05) is 0 Å². The number of halogens is 1. The maximum atomic E-state index is 6.44. The molecule has 0 spiro atoms. The molecule has 3 heteroatoms. The summed E-state index contributed by atoms with van der Waals surface area (Å²) in [5.74, 6) is 0. The van der Waals surface area contributed by atoms with Gasteiger partial charge >= 0.3 is 0 Å². The average molecular weight is 334 g/mol. The molecule has 0 saturated carbocycles. The van der Waals surface area contributed by atoms with Crippen molar-refractivity contribution in [1.82, 2.24) is 0 Å². The first-order valence-electron chi connectivity index (χ1n) is 6.49. The number of nitrogens with two attached hydrogens (primary N) is 1. The Hall–Kier alpha value is -0.770. The number of hydrogen-bond acceptors (Lipinski definition) is 2. The van der Waals surface area contributed by atoms with Gasteiger partial charge in [-0.05, 0) is 48.2 Å². The molecule has 0 aromatic heterocycles. The Bertz CT molecular complexity index is 567. The van der Waals surface area contributed by atoms with Crippen molar-refractivity contribution >= 4 is 27.7 Å². The van der Waals surface area contributed by atoms with Crippen molar-refractivity contribution in [3.8, 4) is 0 Å². The predicted octanol–water partition coefficient (Wildman–Crippen LogP) is 4.56. The lowest BCUT2D eigenvalue weighted by atomic mass is 9.88. The third-order valence-corrected chi connectivity index (χ3v) is 5.52. The molecule has 1 nitrogen and oxygen atoms in total. The fraction of sp³-hybridized carbons (Fsp3) is 0.250. The van der Waals surface area contributed by atoms with Crippen molar-refractivity contribution in [1.29, 1.82) is 0 Å². The van der Waals surface area contributed by atoms with Gasteiger partial charge in [0.1, 0.15) is 0 Å². The Morgan fingerprint density at radius 2 is 1.79 bits per heavy atom. The maximum absolute atomic E-state index is 6.44. The van der Waals surface area contributed by atoms with Crippen LogP contribution in [0.25, 0.3) is 0 Å². The van der Waals surface area contributed by atoms with Gasteiger partial charge in [0.05, 0.1) is 0 Å². The summed E-state index contributed by atoms with van der Waals surface area (Å²) in [6, 6.07) is 17.2. The van der Waals surface area contributed by atoms with Crippen LogP contribution >= 0.6 is 27.7 Å². The highest BCUT2D eigenvalue weighted by Gasteiger charge is 2.26. The van der Waals surface area contributed by atoms with Gasteiger partial charge in [0.15, 0.2) is 0 Å². The Labute approximate surface area is 126 Å². The zero-order chi connectivity index (χ0) is 13.2. The lowest BCUT2D eigenvalue weighted by Crippen LogP contribution is -2.29. The molecule has 19 heavy (non-hydrogen) atoms. The van der Waals surface area contributed by atoms with Crippen molar-refractivity contribution in [2.45, 2.75) is 29.0 Å². The zero-order valence-electron chi connectivity index (χ0n) is 10.6. The number of thioether (sulfide) groups is 1. The second-order valence-electron chi connectivity index (χ2n) is 4.87. The zero-order valence-corrected chi connectivity index (χ0v) is 13.0. The fourth-order valence-electron chi connectivity index (χ4n) is 2.58. The van der Waals surface area contributed by atoms with Crippen LogP contribution in [0, 0.1) is 0 Å². The van der Waals surface area contributed by atoms with Crippen LogP contribution in [0.1, 0.15) is 23.6 Å². The van der Waals surface area contributed by atoms with E-state index in [1.165, 1.54) is 16.0 Å². The Balaban J connectivity index is 1.79. The van der Waals surface area contributed by atoms with Gasteiger partial charge in [0, 0.05) is 20.7 Å². The molecule has 3 rings (SSSR count). The van der Waals surface area contributed by atoms with E-state index in [9.17, 15) is 0 Å². The minimum atomic E-state index is 0.138. The summed E-state index contributed by atoms with van der Waals surface area (Å²) in [5, 5.41) is 0.469. The standard InChI is InChI=1S/C16H16BrNS/c17-12-6-8-13(9-7-12)19-15-10-5-11-3-1-2-4-14(11)16(15)18/h1-4,6-9,15-16H,5,10,18H2. The van der Waals surface area contributed by atoms with Crippen molar-refractivity contribution in [2.24, 2.45) is 5.73 Å². The number of fused-ring (bicyclic) bond motifs is 1. The van der Waals surface area contributed by atoms with Crippen molar-refractivity contribution in [3.05, 3.63) is 64.1 Å². The molecule has 0 bridgehead atoms. The number of benzene rings is 2. The number of rotatable bonds is 2. The molecule has 1 aliphatic rings. The monoisotopic (exact) mass is 333 g/mol. The van der Waals surface area contributed by atoms with Crippen LogP contribution in [-0.4, -0.2) is 5.25 Å². The fourth-order valence-corrected chi connectivity index (χ4v) is 4.02. The molecule has 0 radical (unpaired) electrons. The van der Waals surface area contributed by atoms with Crippen LogP contribution in [0.3, 0.4) is 0 Å². The lowest BCUT2D eigenvalue weighted by molar-refractivity contribution is 0.587. The predicted molar refractivity (Wildman–Crippen MR) is 85.5 cm³/mol. The minimum absolute atomic E-state index is 0.138. The molecule has 2 atom stereocenters. The van der Waals surface area contributed by atoms with Gasteiger partial charge in [-0.1, -0.05) is 40.2 Å². The molecule has 2 aromatic carbocycles. The first-order chi connectivity index (χ1) is 9.24. The summed E-state index contributed by atoms with van der Waals surface area (Å²) in [6.45, 7) is 0. The molecule has 0 amide bonds. The summed E-state index contributed by atoms with van der Waals surface area (Å²) in [5.41, 5.74) is 9.18. The van der Waals surface area contributed by atoms with E-state index in [0.717, 1.165) is 17.3 Å². The van der Waals surface area contributed by atoms with Crippen LogP contribution in [0.2, 0.25) is 0 Å². The second-order valence-corrected chi connectivity index (χ2v) is 7.10. The van der Waals surface area contributed by atoms with Gasteiger partial charge in [0.25, 0.3) is 0 Å². The summed E-state index contributed by atoms with van der Waals surface area (Å²) >= 11 is 5.37. The highest BCUT2D eigenvalue weighted by molar-refractivity contribution is 9.10. The van der Waals surface area contributed by atoms with E-state index < -0.39 is 0 Å². The average Bonchev–Trinajstić information content (AvgIpc) is 2.45. The third-order valence-electron chi connectivity index (χ3n) is 3.61. The smallest absolute Gasteiger partial charge is 0.0421 e. The molecule has 0 fully saturated rings. The van der Waals surface area contributed by atoms with Gasteiger partial charge in [-0.15, -0.1) is 11.8 Å². The molecule has 0 aliphatic heterocycles. The Morgan fingerprint density at radius 3 is 2.58 bits per heavy atom. The number of aryl methyl sites for hydroxylation is 1. The van der Waals surface area contributed by atoms with E-state index in [1.54, 1.807) is 0 Å². The topological polar surface area (TPSA) is 26.0 Å². The van der Waals surface area contributed by atoms with Crippen LogP contribution < -0.4 is 5.73 Å². The van der Waals surface area contributed by atoms with Gasteiger partial charge in [-0.2, -0.15) is 0 Å². The van der Waals surface area contributed by atoms with Crippen LogP contribution in [0.15, 0.2) is 57.9 Å². The molecule has 0 heterocycles. The summed E-state index contributed by atoms with van der Waals surface area (Å²) in [6.07, 6.45) is 2.29. The molecule has 1 aliphatic carbocycles. The van der Waals surface area contributed by atoms with Crippen LogP contribution in [0.5, 0.6) is 0 Å². The van der Waals surface area contributed by atoms with Gasteiger partial charge < -0.3 is 5.73 Å². The molecule has 0 saturated heterocycles. The Kier molecular flexibility index (Phi) is 3.96. The largest absolute Gasteiger partial charge is 0.323 e. The second kappa shape index (κ2) is 5.70. The van der Waals surface area contributed by atoms with E-state index >= 15 is 0 Å². The van der Waals surface area contributed by atoms with Crippen LogP contribution in [0.4, 0.5) is 0 Å². The summed E-state index contributed by atoms with van der Waals surface area (Å²) in [4.78, 5) is 1.29.